The van der Waals surface area contributed by atoms with Crippen LogP contribution in [0.15, 0.2) is 0 Å². The van der Waals surface area contributed by atoms with Crippen molar-refractivity contribution in [3.63, 3.8) is 0 Å². The second kappa shape index (κ2) is 18.6. The first kappa shape index (κ1) is 32.2. The Morgan fingerprint density at radius 1 is 0.933 bits per heavy atom. The van der Waals surface area contributed by atoms with Gasteiger partial charge in [-0.25, -0.2) is 0 Å². The van der Waals surface area contributed by atoms with Crippen LogP contribution < -0.4 is 28.3 Å². The molecule has 0 aromatic carbocycles. The van der Waals surface area contributed by atoms with Crippen LogP contribution in [-0.4, -0.2) is 63.9 Å². The summed E-state index contributed by atoms with van der Waals surface area (Å²) < 4.78 is 0. The van der Waals surface area contributed by atoms with Crippen molar-refractivity contribution in [1.29, 1.82) is 5.41 Å². The average Bonchev–Trinajstić information content (AvgIpc) is 2.63. The van der Waals surface area contributed by atoms with Crippen molar-refractivity contribution in [3.8, 4) is 0 Å². The molecule has 12 nitrogen and oxygen atoms in total. The van der Waals surface area contributed by atoms with Gasteiger partial charge in [-0.05, 0) is 31.1 Å². The molecule has 0 saturated carbocycles. The Morgan fingerprint density at radius 2 is 1.40 bits per heavy atom. The molecule has 0 spiro atoms. The Balaban J connectivity index is -0.000000371. The number of nitrogens with two attached hydrogens (primary N) is 4. The number of aliphatic carboxylic acids is 3. The minimum Gasteiger partial charge on any atom is -0.480 e. The van der Waals surface area contributed by atoms with Crippen LogP contribution in [-0.2, 0) is 14.4 Å². The molecule has 0 unspecified atom stereocenters. The van der Waals surface area contributed by atoms with Crippen LogP contribution in [0.2, 0.25) is 0 Å². The largest absolute Gasteiger partial charge is 0.480 e. The topological polar surface area (TPSA) is 252 Å². The van der Waals surface area contributed by atoms with Crippen molar-refractivity contribution in [2.75, 3.05) is 6.54 Å². The van der Waals surface area contributed by atoms with Crippen LogP contribution in [0.4, 0.5) is 0 Å². The summed E-state index contributed by atoms with van der Waals surface area (Å²) in [4.78, 5) is 30.5. The van der Waals surface area contributed by atoms with Gasteiger partial charge in [-0.2, -0.15) is 0 Å². The third-order valence-electron chi connectivity index (χ3n) is 3.91. The first-order valence-corrected chi connectivity index (χ1v) is 9.70. The third-order valence-corrected chi connectivity index (χ3v) is 3.91. The van der Waals surface area contributed by atoms with E-state index in [0.29, 0.717) is 31.7 Å². The molecule has 178 valence electrons. The smallest absolute Gasteiger partial charge is 0.320 e. The van der Waals surface area contributed by atoms with E-state index in [2.05, 4.69) is 5.32 Å². The van der Waals surface area contributed by atoms with Crippen molar-refractivity contribution in [1.82, 2.24) is 5.32 Å². The van der Waals surface area contributed by atoms with E-state index < -0.39 is 36.0 Å². The molecule has 4 atom stereocenters. The fourth-order valence-electron chi connectivity index (χ4n) is 1.77. The fraction of sp³-hybridized carbons (Fsp3) is 0.778. The number of carboxylic acids is 3. The zero-order chi connectivity index (χ0) is 24.4. The molecule has 0 aliphatic heterocycles. The molecule has 30 heavy (non-hydrogen) atoms. The van der Waals surface area contributed by atoms with Gasteiger partial charge in [0.2, 0.25) is 0 Å². The molecular formula is C18H40N6O6. The maximum atomic E-state index is 10.2. The number of hydrogen-bond acceptors (Lipinski definition) is 7. The van der Waals surface area contributed by atoms with Crippen LogP contribution in [0.25, 0.3) is 0 Å². The van der Waals surface area contributed by atoms with Gasteiger partial charge in [-0.3, -0.25) is 19.8 Å². The van der Waals surface area contributed by atoms with Crippen LogP contribution in [0.1, 0.15) is 53.4 Å². The van der Waals surface area contributed by atoms with Gasteiger partial charge < -0.3 is 43.6 Å². The molecule has 0 aliphatic rings. The van der Waals surface area contributed by atoms with Crippen LogP contribution in [0, 0.1) is 17.2 Å². The van der Waals surface area contributed by atoms with Gasteiger partial charge in [0.15, 0.2) is 5.96 Å². The predicted octanol–water partition coefficient (Wildman–Crippen LogP) is -0.450. The molecule has 0 saturated heterocycles. The highest BCUT2D eigenvalue weighted by atomic mass is 16.4. The molecule has 0 aromatic rings. The minimum absolute atomic E-state index is 0.0718. The van der Waals surface area contributed by atoms with E-state index in [1.54, 1.807) is 0 Å². The van der Waals surface area contributed by atoms with Gasteiger partial charge in [0.1, 0.15) is 18.1 Å². The molecule has 0 rings (SSSR count). The molecule has 0 bridgehead atoms. The van der Waals surface area contributed by atoms with E-state index in [4.69, 9.17) is 43.7 Å². The third kappa shape index (κ3) is 21.9. The Labute approximate surface area is 177 Å². The van der Waals surface area contributed by atoms with E-state index in [0.717, 1.165) is 6.42 Å². The van der Waals surface area contributed by atoms with Crippen molar-refractivity contribution in [2.45, 2.75) is 71.5 Å². The summed E-state index contributed by atoms with van der Waals surface area (Å²) in [6, 6.07) is -2.21. The fourth-order valence-corrected chi connectivity index (χ4v) is 1.77. The second-order valence-corrected chi connectivity index (χ2v) is 7.25. The van der Waals surface area contributed by atoms with Crippen molar-refractivity contribution in [3.05, 3.63) is 0 Å². The Hall–Kier alpha value is -2.44. The summed E-state index contributed by atoms with van der Waals surface area (Å²) in [5.41, 5.74) is 20.7. The van der Waals surface area contributed by atoms with Crippen molar-refractivity contribution in [2.24, 2.45) is 34.8 Å². The standard InChI is InChI=1S/C6H14N4O2.2C6H13NO2/c7-4(5(11)12)2-1-3-10-6(8)9;1-4(2)3-5(7)6(8)9;1-3-4(2)5(7)6(8)9/h4H,1-3,7H2,(H,11,12)(H4,8,9,10);2*4-5H,3,7H2,1-2H3,(H,8,9)/t4-;5-;4-,5-/m000/s1. The Kier molecular flexibility index (Phi) is 20.0. The quantitative estimate of drug-likeness (QED) is 0.114. The molecule has 0 aliphatic carbocycles. The minimum atomic E-state index is -1.00. The maximum Gasteiger partial charge on any atom is 0.320 e. The molecule has 0 aromatic heterocycles. The van der Waals surface area contributed by atoms with Crippen LogP contribution in [0.3, 0.4) is 0 Å². The molecule has 13 N–H and O–H groups in total. The summed E-state index contributed by atoms with van der Waals surface area (Å²) in [6.45, 7) is 8.13. The zero-order valence-corrected chi connectivity index (χ0v) is 18.3. The molecule has 0 fully saturated rings. The number of rotatable bonds is 11. The summed E-state index contributed by atoms with van der Waals surface area (Å²) in [6.07, 6.45) is 2.34. The summed E-state index contributed by atoms with van der Waals surface area (Å²) in [5, 5.41) is 34.4. The van der Waals surface area contributed by atoms with E-state index in [1.807, 2.05) is 27.7 Å². The highest BCUT2D eigenvalue weighted by Crippen LogP contribution is 2.04. The second-order valence-electron chi connectivity index (χ2n) is 7.25. The molecule has 12 heteroatoms. The van der Waals surface area contributed by atoms with Gasteiger partial charge in [-0.1, -0.05) is 34.1 Å². The highest BCUT2D eigenvalue weighted by molar-refractivity contribution is 5.74. The first-order valence-electron chi connectivity index (χ1n) is 9.70. The molecule has 0 amide bonds. The van der Waals surface area contributed by atoms with Gasteiger partial charge in [0.25, 0.3) is 0 Å². The van der Waals surface area contributed by atoms with E-state index in [-0.39, 0.29) is 11.9 Å². The number of carbonyl (C=O) groups is 3. The lowest BCUT2D eigenvalue weighted by Gasteiger charge is -2.11. The van der Waals surface area contributed by atoms with Crippen molar-refractivity contribution >= 4 is 23.9 Å². The first-order chi connectivity index (χ1) is 13.7. The summed E-state index contributed by atoms with van der Waals surface area (Å²) >= 11 is 0. The predicted molar refractivity (Wildman–Crippen MR) is 115 cm³/mol. The Morgan fingerprint density at radius 3 is 1.63 bits per heavy atom. The number of hydrogen-bond donors (Lipinski definition) is 9. The van der Waals surface area contributed by atoms with Gasteiger partial charge >= 0.3 is 17.9 Å². The van der Waals surface area contributed by atoms with Crippen molar-refractivity contribution < 1.29 is 29.7 Å². The molecule has 0 heterocycles. The Bertz CT molecular complexity index is 517. The normalized spacial score (nSPS) is 14.0. The lowest BCUT2D eigenvalue weighted by atomic mass is 10.0. The van der Waals surface area contributed by atoms with Gasteiger partial charge in [0.05, 0.1) is 0 Å². The zero-order valence-electron chi connectivity index (χ0n) is 18.3. The number of carboxylic acid groups (broad SMARTS) is 3. The number of guanidine groups is 1. The van der Waals surface area contributed by atoms with E-state index in [9.17, 15) is 14.4 Å². The van der Waals surface area contributed by atoms with E-state index in [1.165, 1.54) is 0 Å². The van der Waals surface area contributed by atoms with E-state index >= 15 is 0 Å². The SMILES string of the molecule is CC(C)C[C@H](N)C(=O)O.CC[C@H](C)[C@H](N)C(=O)O.N=C(N)NCCC[C@H](N)C(=O)O. The number of nitrogens with one attached hydrogen (secondary N) is 2. The monoisotopic (exact) mass is 436 g/mol. The lowest BCUT2D eigenvalue weighted by Crippen LogP contribution is -2.36. The van der Waals surface area contributed by atoms with Gasteiger partial charge in [-0.15, -0.1) is 0 Å². The summed E-state index contributed by atoms with van der Waals surface area (Å²) in [7, 11) is 0. The molecular weight excluding hydrogens is 396 g/mol. The van der Waals surface area contributed by atoms with Gasteiger partial charge in [0, 0.05) is 6.54 Å². The van der Waals surface area contributed by atoms with Crippen LogP contribution in [0.5, 0.6) is 0 Å². The average molecular weight is 437 g/mol. The maximum absolute atomic E-state index is 10.2. The van der Waals surface area contributed by atoms with Crippen LogP contribution >= 0.6 is 0 Å². The highest BCUT2D eigenvalue weighted by Gasteiger charge is 2.17. The molecule has 0 radical (unpaired) electrons. The lowest BCUT2D eigenvalue weighted by molar-refractivity contribution is -0.140. The summed E-state index contributed by atoms with van der Waals surface area (Å²) in [5.74, 6) is -2.51.